The zero-order valence-electron chi connectivity index (χ0n) is 9.11. The molecule has 1 saturated heterocycles. The van der Waals surface area contributed by atoms with Gasteiger partial charge in [0.25, 0.3) is 0 Å². The molecule has 6 nitrogen and oxygen atoms in total. The van der Waals surface area contributed by atoms with E-state index in [0.29, 0.717) is 6.61 Å². The molecule has 1 aliphatic heterocycles. The maximum atomic E-state index is 11.6. The monoisotopic (exact) mass is 217 g/mol. The van der Waals surface area contributed by atoms with Gasteiger partial charge in [0.1, 0.15) is 0 Å². The summed E-state index contributed by atoms with van der Waals surface area (Å²) in [6.07, 6.45) is 0.274. The van der Waals surface area contributed by atoms with Crippen molar-refractivity contribution in [2.45, 2.75) is 6.42 Å². The lowest BCUT2D eigenvalue weighted by molar-refractivity contribution is -0.217. The molecule has 0 aromatic heterocycles. The maximum absolute atomic E-state index is 11.6. The first-order chi connectivity index (χ1) is 7.06. The fourth-order valence-electron chi connectivity index (χ4n) is 1.69. The highest BCUT2D eigenvalue weighted by molar-refractivity contribution is 6.00. The van der Waals surface area contributed by atoms with Crippen LogP contribution in [0.25, 0.3) is 0 Å². The predicted octanol–water partition coefficient (Wildman–Crippen LogP) is -0.414. The van der Waals surface area contributed by atoms with Crippen molar-refractivity contribution in [3.05, 3.63) is 0 Å². The molecule has 0 aromatic carbocycles. The molecule has 0 radical (unpaired) electrons. The van der Waals surface area contributed by atoms with Gasteiger partial charge in [-0.05, 0) is 0 Å². The molecule has 86 valence electrons. The summed E-state index contributed by atoms with van der Waals surface area (Å²) in [5.41, 5.74) is -1.25. The van der Waals surface area contributed by atoms with Crippen LogP contribution in [0.3, 0.4) is 0 Å². The van der Waals surface area contributed by atoms with Crippen molar-refractivity contribution in [2.75, 3.05) is 34.4 Å². The summed E-state index contributed by atoms with van der Waals surface area (Å²) >= 11 is 0. The number of hydrogen-bond acceptors (Lipinski definition) is 6. The number of ether oxygens (including phenoxy) is 2. The van der Waals surface area contributed by atoms with Crippen molar-refractivity contribution in [3.8, 4) is 0 Å². The average molecular weight is 217 g/mol. The van der Waals surface area contributed by atoms with E-state index < -0.39 is 17.4 Å². The molecule has 0 atom stereocenters. The number of hydroxylamine groups is 2. The Kier molecular flexibility index (Phi) is 3.65. The topological polar surface area (TPSA) is 65.1 Å². The molecule has 1 aliphatic rings. The summed E-state index contributed by atoms with van der Waals surface area (Å²) in [7, 11) is 4.16. The summed E-state index contributed by atoms with van der Waals surface area (Å²) < 4.78 is 9.28. The summed E-state index contributed by atoms with van der Waals surface area (Å²) in [6.45, 7) is 0.438. The Labute approximate surface area is 88.0 Å². The normalized spacial score (nSPS) is 20.7. The molecule has 0 aromatic rings. The van der Waals surface area contributed by atoms with Crippen molar-refractivity contribution in [2.24, 2.45) is 5.41 Å². The van der Waals surface area contributed by atoms with E-state index in [1.165, 1.54) is 19.3 Å². The molecular formula is C9H15NO5. The van der Waals surface area contributed by atoms with Gasteiger partial charge in [-0.1, -0.05) is 0 Å². The Morgan fingerprint density at radius 2 is 1.80 bits per heavy atom. The lowest BCUT2D eigenvalue weighted by Crippen LogP contribution is -2.53. The SMILES string of the molecule is COC(=O)C1(C(=O)OC)CCON(C)C1. The third kappa shape index (κ3) is 2.10. The second-order valence-corrected chi connectivity index (χ2v) is 3.43. The molecule has 1 heterocycles. The van der Waals surface area contributed by atoms with Gasteiger partial charge in [0.05, 0.1) is 27.4 Å². The number of rotatable bonds is 2. The Balaban J connectivity index is 2.94. The third-order valence-corrected chi connectivity index (χ3v) is 2.49. The van der Waals surface area contributed by atoms with Crippen LogP contribution in [0.1, 0.15) is 6.42 Å². The number of methoxy groups -OCH3 is 2. The predicted molar refractivity (Wildman–Crippen MR) is 49.7 cm³/mol. The van der Waals surface area contributed by atoms with Crippen LogP contribution in [0, 0.1) is 5.41 Å². The van der Waals surface area contributed by atoms with E-state index in [0.717, 1.165) is 0 Å². The Morgan fingerprint density at radius 3 is 2.20 bits per heavy atom. The first-order valence-electron chi connectivity index (χ1n) is 4.57. The minimum absolute atomic E-state index is 0.145. The summed E-state index contributed by atoms with van der Waals surface area (Å²) in [4.78, 5) is 28.4. The zero-order valence-corrected chi connectivity index (χ0v) is 9.11. The molecule has 15 heavy (non-hydrogen) atoms. The largest absolute Gasteiger partial charge is 0.468 e. The van der Waals surface area contributed by atoms with E-state index in [1.54, 1.807) is 7.05 Å². The molecule has 0 amide bonds. The molecule has 6 heteroatoms. The van der Waals surface area contributed by atoms with Gasteiger partial charge in [0.15, 0.2) is 5.41 Å². The first-order valence-corrected chi connectivity index (χ1v) is 4.57. The molecule has 0 saturated carbocycles. The van der Waals surface area contributed by atoms with Crippen LogP contribution in [-0.4, -0.2) is 51.4 Å². The fourth-order valence-corrected chi connectivity index (χ4v) is 1.69. The number of carbonyl (C=O) groups is 2. The van der Waals surface area contributed by atoms with Crippen LogP contribution >= 0.6 is 0 Å². The van der Waals surface area contributed by atoms with Crippen LogP contribution < -0.4 is 0 Å². The van der Waals surface area contributed by atoms with E-state index in [9.17, 15) is 9.59 Å². The minimum Gasteiger partial charge on any atom is -0.468 e. The Bertz CT molecular complexity index is 249. The van der Waals surface area contributed by atoms with Gasteiger partial charge in [-0.2, -0.15) is 5.06 Å². The van der Waals surface area contributed by atoms with Crippen LogP contribution in [0.5, 0.6) is 0 Å². The Morgan fingerprint density at radius 1 is 1.27 bits per heavy atom. The molecule has 0 spiro atoms. The summed E-state index contributed by atoms with van der Waals surface area (Å²) in [5, 5.41) is 1.44. The average Bonchev–Trinajstić information content (AvgIpc) is 2.26. The molecule has 0 bridgehead atoms. The van der Waals surface area contributed by atoms with Gasteiger partial charge in [-0.15, -0.1) is 0 Å². The zero-order chi connectivity index (χ0) is 11.5. The molecule has 0 unspecified atom stereocenters. The lowest BCUT2D eigenvalue weighted by atomic mass is 9.83. The van der Waals surface area contributed by atoms with E-state index in [2.05, 4.69) is 9.47 Å². The van der Waals surface area contributed by atoms with Crippen molar-refractivity contribution < 1.29 is 23.9 Å². The van der Waals surface area contributed by atoms with Gasteiger partial charge in [-0.3, -0.25) is 14.4 Å². The van der Waals surface area contributed by atoms with Gasteiger partial charge >= 0.3 is 11.9 Å². The van der Waals surface area contributed by atoms with Crippen LogP contribution in [0.4, 0.5) is 0 Å². The van der Waals surface area contributed by atoms with Gasteiger partial charge in [0.2, 0.25) is 0 Å². The van der Waals surface area contributed by atoms with Crippen molar-refractivity contribution >= 4 is 11.9 Å². The smallest absolute Gasteiger partial charge is 0.324 e. The second-order valence-electron chi connectivity index (χ2n) is 3.43. The van der Waals surface area contributed by atoms with Crippen LogP contribution in [0.15, 0.2) is 0 Å². The molecule has 1 rings (SSSR count). The van der Waals surface area contributed by atoms with E-state index in [1.807, 2.05) is 0 Å². The maximum Gasteiger partial charge on any atom is 0.324 e. The highest BCUT2D eigenvalue weighted by atomic mass is 16.7. The highest BCUT2D eigenvalue weighted by Crippen LogP contribution is 2.30. The van der Waals surface area contributed by atoms with Gasteiger partial charge in [0, 0.05) is 13.5 Å². The number of carbonyl (C=O) groups excluding carboxylic acids is 2. The molecular weight excluding hydrogens is 202 g/mol. The Hall–Kier alpha value is -1.14. The molecule has 1 fully saturated rings. The summed E-state index contributed by atoms with van der Waals surface area (Å²) in [6, 6.07) is 0. The van der Waals surface area contributed by atoms with Crippen molar-refractivity contribution in [1.29, 1.82) is 0 Å². The summed E-state index contributed by atoms with van der Waals surface area (Å²) in [5.74, 6) is -1.16. The minimum atomic E-state index is -1.25. The number of nitrogens with zero attached hydrogens (tertiary/aromatic N) is 1. The number of hydrogen-bond donors (Lipinski definition) is 0. The second kappa shape index (κ2) is 4.59. The quantitative estimate of drug-likeness (QED) is 0.462. The van der Waals surface area contributed by atoms with Crippen LogP contribution in [0.2, 0.25) is 0 Å². The fraction of sp³-hybridized carbons (Fsp3) is 0.778. The van der Waals surface area contributed by atoms with Crippen molar-refractivity contribution in [1.82, 2.24) is 5.06 Å². The van der Waals surface area contributed by atoms with Gasteiger partial charge in [-0.25, -0.2) is 0 Å². The molecule has 0 N–H and O–H groups in total. The third-order valence-electron chi connectivity index (χ3n) is 2.49. The van der Waals surface area contributed by atoms with Crippen molar-refractivity contribution in [3.63, 3.8) is 0 Å². The van der Waals surface area contributed by atoms with Gasteiger partial charge < -0.3 is 9.47 Å². The van der Waals surface area contributed by atoms with E-state index in [4.69, 9.17) is 4.84 Å². The standard InChI is InChI=1S/C9H15NO5/c1-10-6-9(4-5-15-10,7(11)13-2)8(12)14-3/h4-6H2,1-3H3. The van der Waals surface area contributed by atoms with E-state index >= 15 is 0 Å². The highest BCUT2D eigenvalue weighted by Gasteiger charge is 2.51. The number of esters is 2. The van der Waals surface area contributed by atoms with Crippen LogP contribution in [-0.2, 0) is 23.9 Å². The molecule has 0 aliphatic carbocycles. The first kappa shape index (κ1) is 11.9. The lowest BCUT2D eigenvalue weighted by Gasteiger charge is -2.35. The van der Waals surface area contributed by atoms with E-state index in [-0.39, 0.29) is 13.0 Å².